The van der Waals surface area contributed by atoms with Crippen LogP contribution in [0.25, 0.3) is 11.1 Å². The van der Waals surface area contributed by atoms with E-state index < -0.39 is 0 Å². The Balaban J connectivity index is 1.67. The second kappa shape index (κ2) is 6.24. The van der Waals surface area contributed by atoms with Gasteiger partial charge in [0, 0.05) is 10.6 Å². The van der Waals surface area contributed by atoms with Crippen LogP contribution in [0.5, 0.6) is 0 Å². The second-order valence-corrected chi connectivity index (χ2v) is 7.59. The van der Waals surface area contributed by atoms with Crippen molar-refractivity contribution in [3.8, 4) is 0 Å². The predicted molar refractivity (Wildman–Crippen MR) is 94.5 cm³/mol. The second-order valence-electron chi connectivity index (χ2n) is 6.61. The van der Waals surface area contributed by atoms with Gasteiger partial charge in [-0.1, -0.05) is 11.2 Å². The quantitative estimate of drug-likeness (QED) is 0.749. The van der Waals surface area contributed by atoms with Crippen molar-refractivity contribution in [3.05, 3.63) is 45.4 Å². The largest absolute Gasteiger partial charge is 0.393 e. The molecule has 0 aromatic carbocycles. The first-order valence-electron chi connectivity index (χ1n) is 8.29. The highest BCUT2D eigenvalue weighted by Crippen LogP contribution is 2.39. The molecule has 0 bridgehead atoms. The van der Waals surface area contributed by atoms with Crippen LogP contribution < -0.4 is 5.32 Å². The Morgan fingerprint density at radius 3 is 2.92 bits per heavy atom. The predicted octanol–water partition coefficient (Wildman–Crippen LogP) is 3.14. The van der Waals surface area contributed by atoms with E-state index >= 15 is 0 Å². The number of pyridine rings is 1. The van der Waals surface area contributed by atoms with Crippen LogP contribution in [0.4, 0.5) is 0 Å². The van der Waals surface area contributed by atoms with Gasteiger partial charge < -0.3 is 14.9 Å². The minimum Gasteiger partial charge on any atom is -0.393 e. The Bertz CT molecular complexity index is 913. The first-order valence-corrected chi connectivity index (χ1v) is 9.17. The van der Waals surface area contributed by atoms with Crippen molar-refractivity contribution in [1.82, 2.24) is 15.5 Å². The molecule has 1 fully saturated rings. The fourth-order valence-electron chi connectivity index (χ4n) is 3.41. The number of aryl methyl sites for hydroxylation is 2. The molecule has 4 rings (SSSR count). The van der Waals surface area contributed by atoms with Gasteiger partial charge in [0.2, 0.25) is 0 Å². The Hall–Kier alpha value is -2.25. The molecule has 7 heteroatoms. The lowest BCUT2D eigenvalue weighted by molar-refractivity contribution is 0.0241. The third-order valence-electron chi connectivity index (χ3n) is 4.75. The lowest BCUT2D eigenvalue weighted by Gasteiger charge is -2.37. The van der Waals surface area contributed by atoms with Crippen LogP contribution in [0.15, 0.2) is 28.1 Å². The van der Waals surface area contributed by atoms with Crippen LogP contribution >= 0.6 is 11.3 Å². The molecule has 130 valence electrons. The molecule has 1 aliphatic carbocycles. The Morgan fingerprint density at radius 1 is 1.44 bits per heavy atom. The highest BCUT2D eigenvalue weighted by atomic mass is 32.1. The molecule has 0 radical (unpaired) electrons. The molecule has 1 saturated carbocycles. The summed E-state index contributed by atoms with van der Waals surface area (Å²) >= 11 is 1.62. The third kappa shape index (κ3) is 2.94. The summed E-state index contributed by atoms with van der Waals surface area (Å²) in [6, 6.07) is 5.67. The topological polar surface area (TPSA) is 88.2 Å². The lowest BCUT2D eigenvalue weighted by Crippen LogP contribution is -2.41. The molecular formula is C18H19N3O3S. The number of hydrogen-bond donors (Lipinski definition) is 2. The van der Waals surface area contributed by atoms with Crippen molar-refractivity contribution in [3.63, 3.8) is 0 Å². The normalized spacial score (nSPS) is 21.1. The van der Waals surface area contributed by atoms with Crippen molar-refractivity contribution in [2.45, 2.75) is 38.8 Å². The van der Waals surface area contributed by atoms with Gasteiger partial charge in [-0.15, -0.1) is 11.3 Å². The minimum absolute atomic E-state index is 0.0976. The first-order chi connectivity index (χ1) is 12.0. The van der Waals surface area contributed by atoms with Crippen molar-refractivity contribution in [2.75, 3.05) is 0 Å². The maximum atomic E-state index is 13.0. The Kier molecular flexibility index (Phi) is 4.05. The Morgan fingerprint density at radius 2 is 2.24 bits per heavy atom. The zero-order valence-electron chi connectivity index (χ0n) is 14.0. The van der Waals surface area contributed by atoms with Crippen molar-refractivity contribution < 1.29 is 14.4 Å². The number of nitrogens with zero attached hydrogens (tertiary/aromatic N) is 2. The summed E-state index contributed by atoms with van der Waals surface area (Å²) in [6.07, 6.45) is 1.15. The third-order valence-corrected chi connectivity index (χ3v) is 5.70. The maximum absolute atomic E-state index is 13.0. The highest BCUT2D eigenvalue weighted by molar-refractivity contribution is 7.10. The molecule has 1 amide bonds. The summed E-state index contributed by atoms with van der Waals surface area (Å²) in [6.45, 7) is 3.63. The van der Waals surface area contributed by atoms with Crippen LogP contribution in [0, 0.1) is 19.8 Å². The van der Waals surface area contributed by atoms with Gasteiger partial charge in [0.25, 0.3) is 11.6 Å². The molecule has 1 aliphatic rings. The molecule has 25 heavy (non-hydrogen) atoms. The van der Waals surface area contributed by atoms with E-state index in [1.54, 1.807) is 24.3 Å². The van der Waals surface area contributed by atoms with Crippen LogP contribution in [0.3, 0.4) is 0 Å². The van der Waals surface area contributed by atoms with E-state index in [2.05, 4.69) is 15.5 Å². The summed E-state index contributed by atoms with van der Waals surface area (Å²) < 4.78 is 5.22. The van der Waals surface area contributed by atoms with E-state index in [-0.39, 0.29) is 24.0 Å². The van der Waals surface area contributed by atoms with Crippen LogP contribution in [-0.2, 0) is 0 Å². The molecule has 0 aliphatic heterocycles. The summed E-state index contributed by atoms with van der Waals surface area (Å²) in [5.41, 5.74) is 2.27. The number of hydrogen-bond acceptors (Lipinski definition) is 6. The number of nitrogens with one attached hydrogen (secondary N) is 1. The van der Waals surface area contributed by atoms with E-state index in [1.165, 1.54) is 0 Å². The van der Waals surface area contributed by atoms with Crippen LogP contribution in [-0.4, -0.2) is 27.3 Å². The standard InChI is InChI=1S/C18H19N3O3S/c1-9-6-13(15-10(2)21-24-18(15)19-9)17(23)20-16(11-7-12(22)8-11)14-4-3-5-25-14/h3-6,11-12,16,22H,7-8H2,1-2H3,(H,20,23). The van der Waals surface area contributed by atoms with E-state index in [9.17, 15) is 9.90 Å². The van der Waals surface area contributed by atoms with E-state index in [0.717, 1.165) is 4.88 Å². The number of rotatable bonds is 4. The van der Waals surface area contributed by atoms with Gasteiger partial charge in [0.05, 0.1) is 28.8 Å². The van der Waals surface area contributed by atoms with Gasteiger partial charge >= 0.3 is 0 Å². The van der Waals surface area contributed by atoms with Gasteiger partial charge in [-0.25, -0.2) is 4.98 Å². The zero-order valence-corrected chi connectivity index (χ0v) is 14.8. The van der Waals surface area contributed by atoms with Gasteiger partial charge in [-0.2, -0.15) is 0 Å². The average molecular weight is 357 g/mol. The van der Waals surface area contributed by atoms with Crippen molar-refractivity contribution >= 4 is 28.3 Å². The van der Waals surface area contributed by atoms with Gasteiger partial charge in [0.15, 0.2) is 0 Å². The molecule has 6 nitrogen and oxygen atoms in total. The van der Waals surface area contributed by atoms with E-state index in [0.29, 0.717) is 40.9 Å². The zero-order chi connectivity index (χ0) is 17.6. The van der Waals surface area contributed by atoms with Crippen molar-refractivity contribution in [1.29, 1.82) is 0 Å². The average Bonchev–Trinajstić information content (AvgIpc) is 3.19. The number of carbonyl (C=O) groups is 1. The number of aliphatic hydroxyl groups is 1. The minimum atomic E-state index is -0.264. The first kappa shape index (κ1) is 16.2. The molecule has 0 spiro atoms. The van der Waals surface area contributed by atoms with Gasteiger partial charge in [0.1, 0.15) is 0 Å². The lowest BCUT2D eigenvalue weighted by atomic mass is 9.76. The number of aromatic nitrogens is 2. The van der Waals surface area contributed by atoms with E-state index in [1.807, 2.05) is 24.4 Å². The summed E-state index contributed by atoms with van der Waals surface area (Å²) in [5.74, 6) is 0.0844. The van der Waals surface area contributed by atoms with E-state index in [4.69, 9.17) is 4.52 Å². The molecule has 1 unspecified atom stereocenters. The SMILES string of the molecule is Cc1cc(C(=O)NC(c2cccs2)C2CC(O)C2)c2c(C)noc2n1. The summed E-state index contributed by atoms with van der Waals surface area (Å²) in [4.78, 5) is 18.4. The fraction of sp³-hybridized carbons (Fsp3) is 0.389. The van der Waals surface area contributed by atoms with Crippen molar-refractivity contribution in [2.24, 2.45) is 5.92 Å². The molecule has 3 heterocycles. The van der Waals surface area contributed by atoms with Crippen LogP contribution in [0.1, 0.15) is 45.5 Å². The number of aliphatic hydroxyl groups excluding tert-OH is 1. The summed E-state index contributed by atoms with van der Waals surface area (Å²) in [5, 5.41) is 19.4. The molecular weight excluding hydrogens is 338 g/mol. The molecule has 0 saturated heterocycles. The fourth-order valence-corrected chi connectivity index (χ4v) is 4.28. The molecule has 2 N–H and O–H groups in total. The molecule has 3 aromatic rings. The summed E-state index contributed by atoms with van der Waals surface area (Å²) in [7, 11) is 0. The smallest absolute Gasteiger partial charge is 0.258 e. The highest BCUT2D eigenvalue weighted by Gasteiger charge is 2.36. The van der Waals surface area contributed by atoms with Gasteiger partial charge in [-0.3, -0.25) is 4.79 Å². The maximum Gasteiger partial charge on any atom is 0.258 e. The Labute approximate surface area is 148 Å². The number of carbonyl (C=O) groups excluding carboxylic acids is 1. The molecule has 1 atom stereocenters. The monoisotopic (exact) mass is 357 g/mol. The van der Waals surface area contributed by atoms with Crippen LogP contribution in [0.2, 0.25) is 0 Å². The number of thiophene rings is 1. The number of fused-ring (bicyclic) bond motifs is 1. The van der Waals surface area contributed by atoms with Gasteiger partial charge in [-0.05, 0) is 50.1 Å². The molecule has 3 aromatic heterocycles. The number of amides is 1.